The molecule has 0 aromatic heterocycles. The van der Waals surface area contributed by atoms with Gasteiger partial charge in [-0.15, -0.1) is 0 Å². The number of hydrogen-bond acceptors (Lipinski definition) is 8. The van der Waals surface area contributed by atoms with Crippen LogP contribution in [0.1, 0.15) is 6.92 Å². The molecule has 0 radical (unpaired) electrons. The summed E-state index contributed by atoms with van der Waals surface area (Å²) in [5.41, 5.74) is 0. The number of nitrogens with one attached hydrogen (secondary N) is 1. The van der Waals surface area contributed by atoms with E-state index in [0.29, 0.717) is 0 Å². The van der Waals surface area contributed by atoms with Crippen LogP contribution in [0.15, 0.2) is 0 Å². The van der Waals surface area contributed by atoms with E-state index in [-0.39, 0.29) is 6.54 Å². The Morgan fingerprint density at radius 2 is 1.56 bits per heavy atom. The standard InChI is InChI=1S/C8H19NO7/c1-2-9-8(15,16)7(14)6(13)5(12)4(11)3-10/h4-7,9-16H,2-3H2,1H3. The van der Waals surface area contributed by atoms with Crippen LogP contribution < -0.4 is 5.32 Å². The maximum atomic E-state index is 9.33. The van der Waals surface area contributed by atoms with Gasteiger partial charge in [0.05, 0.1) is 6.61 Å². The van der Waals surface area contributed by atoms with Crippen molar-refractivity contribution in [2.45, 2.75) is 37.3 Å². The van der Waals surface area contributed by atoms with Crippen molar-refractivity contribution >= 4 is 0 Å². The molecule has 4 atom stereocenters. The van der Waals surface area contributed by atoms with Gasteiger partial charge in [0, 0.05) is 0 Å². The third-order valence-corrected chi connectivity index (χ3v) is 2.10. The number of rotatable bonds is 7. The van der Waals surface area contributed by atoms with E-state index in [9.17, 15) is 25.5 Å². The first-order valence-corrected chi connectivity index (χ1v) is 4.80. The van der Waals surface area contributed by atoms with Crippen molar-refractivity contribution in [3.05, 3.63) is 0 Å². The van der Waals surface area contributed by atoms with E-state index in [1.54, 1.807) is 0 Å². The van der Waals surface area contributed by atoms with Crippen LogP contribution in [0.5, 0.6) is 0 Å². The highest BCUT2D eigenvalue weighted by molar-refractivity contribution is 4.86. The fourth-order valence-corrected chi connectivity index (χ4v) is 1.13. The average Bonchev–Trinajstić information content (AvgIpc) is 2.24. The van der Waals surface area contributed by atoms with Gasteiger partial charge in [0.2, 0.25) is 0 Å². The fourth-order valence-electron chi connectivity index (χ4n) is 1.13. The molecular formula is C8H19NO7. The smallest absolute Gasteiger partial charge is 0.252 e. The molecule has 0 aliphatic carbocycles. The summed E-state index contributed by atoms with van der Waals surface area (Å²) in [6.07, 6.45) is -7.78. The molecule has 0 fully saturated rings. The Kier molecular flexibility index (Phi) is 6.30. The highest BCUT2D eigenvalue weighted by Gasteiger charge is 2.42. The number of likely N-dealkylation sites (N-methyl/N-ethyl adjacent to an activating group) is 1. The third kappa shape index (κ3) is 3.92. The van der Waals surface area contributed by atoms with E-state index in [0.717, 1.165) is 0 Å². The summed E-state index contributed by atoms with van der Waals surface area (Å²) in [5, 5.41) is 65.9. The second kappa shape index (κ2) is 6.42. The topological polar surface area (TPSA) is 154 Å². The summed E-state index contributed by atoms with van der Waals surface area (Å²) >= 11 is 0. The Hall–Kier alpha value is -0.320. The van der Waals surface area contributed by atoms with E-state index in [2.05, 4.69) is 5.32 Å². The predicted molar refractivity (Wildman–Crippen MR) is 52.0 cm³/mol. The molecule has 8 N–H and O–H groups in total. The minimum absolute atomic E-state index is 0.0927. The van der Waals surface area contributed by atoms with E-state index in [4.69, 9.17) is 10.2 Å². The highest BCUT2D eigenvalue weighted by Crippen LogP contribution is 2.12. The molecule has 0 aliphatic rings. The van der Waals surface area contributed by atoms with Gasteiger partial charge in [-0.2, -0.15) is 0 Å². The van der Waals surface area contributed by atoms with Crippen LogP contribution in [0, 0.1) is 0 Å². The van der Waals surface area contributed by atoms with Gasteiger partial charge in [0.15, 0.2) is 6.10 Å². The van der Waals surface area contributed by atoms with E-state index in [1.807, 2.05) is 0 Å². The van der Waals surface area contributed by atoms with Crippen molar-refractivity contribution in [2.75, 3.05) is 13.2 Å². The summed E-state index contributed by atoms with van der Waals surface area (Å²) in [6.45, 7) is 0.782. The molecule has 0 saturated carbocycles. The van der Waals surface area contributed by atoms with Crippen molar-refractivity contribution in [3.63, 3.8) is 0 Å². The van der Waals surface area contributed by atoms with Gasteiger partial charge < -0.3 is 35.7 Å². The normalized spacial score (nSPS) is 20.2. The Morgan fingerprint density at radius 3 is 1.94 bits per heavy atom. The maximum absolute atomic E-state index is 9.33. The molecule has 8 nitrogen and oxygen atoms in total. The molecule has 0 bridgehead atoms. The van der Waals surface area contributed by atoms with Crippen LogP contribution in [0.2, 0.25) is 0 Å². The first kappa shape index (κ1) is 15.7. The van der Waals surface area contributed by atoms with Gasteiger partial charge in [0.1, 0.15) is 18.3 Å². The monoisotopic (exact) mass is 241 g/mol. The van der Waals surface area contributed by atoms with Crippen LogP contribution in [-0.2, 0) is 0 Å². The number of aliphatic hydroxyl groups is 7. The lowest BCUT2D eigenvalue weighted by Crippen LogP contribution is -2.62. The zero-order valence-electron chi connectivity index (χ0n) is 8.85. The van der Waals surface area contributed by atoms with Gasteiger partial charge in [-0.25, -0.2) is 0 Å². The van der Waals surface area contributed by atoms with Crippen molar-refractivity contribution < 1.29 is 35.7 Å². The van der Waals surface area contributed by atoms with Gasteiger partial charge in [-0.3, -0.25) is 5.32 Å². The number of aliphatic hydroxyl groups excluding tert-OH is 5. The van der Waals surface area contributed by atoms with E-state index in [1.165, 1.54) is 6.92 Å². The fraction of sp³-hybridized carbons (Fsp3) is 1.00. The molecule has 0 rings (SSSR count). The minimum atomic E-state index is -2.80. The molecule has 0 aliphatic heterocycles. The molecule has 0 heterocycles. The molecule has 8 heteroatoms. The minimum Gasteiger partial charge on any atom is -0.394 e. The molecular weight excluding hydrogens is 222 g/mol. The van der Waals surface area contributed by atoms with Crippen molar-refractivity contribution in [1.29, 1.82) is 0 Å². The van der Waals surface area contributed by atoms with Gasteiger partial charge >= 0.3 is 0 Å². The molecule has 98 valence electrons. The van der Waals surface area contributed by atoms with Gasteiger partial charge in [-0.05, 0) is 6.54 Å². The quantitative estimate of drug-likeness (QED) is 0.208. The molecule has 0 spiro atoms. The summed E-state index contributed by atoms with van der Waals surface area (Å²) in [5.74, 6) is -2.80. The van der Waals surface area contributed by atoms with Crippen LogP contribution in [-0.4, -0.2) is 79.2 Å². The second-order valence-electron chi connectivity index (χ2n) is 3.43. The molecule has 0 aromatic rings. The van der Waals surface area contributed by atoms with Crippen LogP contribution in [0.3, 0.4) is 0 Å². The Balaban J connectivity index is 4.53. The average molecular weight is 241 g/mol. The zero-order valence-corrected chi connectivity index (χ0v) is 8.85. The van der Waals surface area contributed by atoms with E-state index < -0.39 is 36.9 Å². The second-order valence-corrected chi connectivity index (χ2v) is 3.43. The third-order valence-electron chi connectivity index (χ3n) is 2.10. The molecule has 0 saturated heterocycles. The lowest BCUT2D eigenvalue weighted by atomic mass is 10.0. The first-order valence-electron chi connectivity index (χ1n) is 4.80. The molecule has 0 aromatic carbocycles. The lowest BCUT2D eigenvalue weighted by molar-refractivity contribution is -0.277. The van der Waals surface area contributed by atoms with E-state index >= 15 is 0 Å². The largest absolute Gasteiger partial charge is 0.394 e. The Bertz CT molecular complexity index is 201. The highest BCUT2D eigenvalue weighted by atomic mass is 16.5. The summed E-state index contributed by atoms with van der Waals surface area (Å²) in [7, 11) is 0. The SMILES string of the molecule is CCNC(O)(O)C(O)C(O)C(O)C(O)CO. The van der Waals surface area contributed by atoms with Gasteiger partial charge in [-0.1, -0.05) is 6.92 Å². The number of hydrogen-bond donors (Lipinski definition) is 8. The first-order chi connectivity index (χ1) is 7.27. The predicted octanol–water partition coefficient (Wildman–Crippen LogP) is -4.33. The Morgan fingerprint density at radius 1 is 1.06 bits per heavy atom. The van der Waals surface area contributed by atoms with Crippen LogP contribution in [0.4, 0.5) is 0 Å². The summed E-state index contributed by atoms with van der Waals surface area (Å²) in [6, 6.07) is 0. The molecule has 0 amide bonds. The molecule has 4 unspecified atom stereocenters. The summed E-state index contributed by atoms with van der Waals surface area (Å²) < 4.78 is 0. The van der Waals surface area contributed by atoms with Crippen molar-refractivity contribution in [2.24, 2.45) is 0 Å². The lowest BCUT2D eigenvalue weighted by Gasteiger charge is -2.33. The van der Waals surface area contributed by atoms with Crippen LogP contribution >= 0.6 is 0 Å². The maximum Gasteiger partial charge on any atom is 0.252 e. The van der Waals surface area contributed by atoms with Crippen molar-refractivity contribution in [1.82, 2.24) is 5.32 Å². The van der Waals surface area contributed by atoms with Crippen LogP contribution in [0.25, 0.3) is 0 Å². The Labute approximate surface area is 92.4 Å². The van der Waals surface area contributed by atoms with Gasteiger partial charge in [0.25, 0.3) is 5.91 Å². The zero-order chi connectivity index (χ0) is 12.9. The summed E-state index contributed by atoms with van der Waals surface area (Å²) in [4.78, 5) is 0. The van der Waals surface area contributed by atoms with Crippen molar-refractivity contribution in [3.8, 4) is 0 Å². The molecule has 16 heavy (non-hydrogen) atoms.